The Labute approximate surface area is 161 Å². The number of halogens is 6. The van der Waals surface area contributed by atoms with Gasteiger partial charge in [-0.05, 0) is 52.6 Å². The number of carbonyl (C=O) groups is 1. The highest BCUT2D eigenvalue weighted by molar-refractivity contribution is 5.92. The van der Waals surface area contributed by atoms with E-state index in [9.17, 15) is 36.2 Å². The number of hydrogen-bond acceptors (Lipinski definition) is 1. The molecule has 0 spiro atoms. The highest BCUT2D eigenvalue weighted by Crippen LogP contribution is 2.41. The first-order valence-electron chi connectivity index (χ1n) is 8.20. The molecular formula is C21H12F6O2. The summed E-state index contributed by atoms with van der Waals surface area (Å²) in [5.41, 5.74) is -3.40. The zero-order valence-electron chi connectivity index (χ0n) is 14.5. The van der Waals surface area contributed by atoms with Gasteiger partial charge in [0.25, 0.3) is 0 Å². The molecule has 0 aliphatic heterocycles. The summed E-state index contributed by atoms with van der Waals surface area (Å²) in [6.45, 7) is 0. The Balaban J connectivity index is 2.31. The molecule has 150 valence electrons. The van der Waals surface area contributed by atoms with Crippen molar-refractivity contribution in [1.82, 2.24) is 0 Å². The molecule has 0 unspecified atom stereocenters. The molecule has 0 aliphatic carbocycles. The Morgan fingerprint density at radius 1 is 0.655 bits per heavy atom. The lowest BCUT2D eigenvalue weighted by atomic mass is 9.91. The molecule has 0 atom stereocenters. The van der Waals surface area contributed by atoms with Gasteiger partial charge in [0.1, 0.15) is 0 Å². The molecule has 3 aromatic carbocycles. The van der Waals surface area contributed by atoms with Crippen LogP contribution < -0.4 is 0 Å². The van der Waals surface area contributed by atoms with Crippen LogP contribution in [-0.4, -0.2) is 11.1 Å². The predicted octanol–water partition coefficient (Wildman–Crippen LogP) is 6.76. The van der Waals surface area contributed by atoms with Gasteiger partial charge < -0.3 is 5.11 Å². The Bertz CT molecular complexity index is 992. The van der Waals surface area contributed by atoms with Crippen LogP contribution in [-0.2, 0) is 12.4 Å². The Hall–Kier alpha value is -3.29. The maximum Gasteiger partial charge on any atom is 0.417 e. The van der Waals surface area contributed by atoms with Gasteiger partial charge in [0.05, 0.1) is 16.7 Å². The molecular weight excluding hydrogens is 398 g/mol. The standard InChI is InChI=1S/C21H12F6O2/c22-20(23,24)17-7-3-1-5-15(17)12-9-13(11-14(10-12)19(28)29)16-6-2-4-8-18(16)21(25,26)27/h1-11H,(H,28,29). The summed E-state index contributed by atoms with van der Waals surface area (Å²) in [6.07, 6.45) is -9.44. The molecule has 0 radical (unpaired) electrons. The third kappa shape index (κ3) is 4.26. The third-order valence-corrected chi connectivity index (χ3v) is 4.27. The number of alkyl halides is 6. The first kappa shape index (κ1) is 20.4. The summed E-state index contributed by atoms with van der Waals surface area (Å²) in [5, 5.41) is 9.34. The zero-order valence-corrected chi connectivity index (χ0v) is 14.5. The summed E-state index contributed by atoms with van der Waals surface area (Å²) in [7, 11) is 0. The lowest BCUT2D eigenvalue weighted by molar-refractivity contribution is -0.137. The van der Waals surface area contributed by atoms with E-state index in [1.165, 1.54) is 24.3 Å². The molecule has 2 nitrogen and oxygen atoms in total. The second-order valence-electron chi connectivity index (χ2n) is 6.19. The van der Waals surface area contributed by atoms with E-state index in [2.05, 4.69) is 0 Å². The highest BCUT2D eigenvalue weighted by atomic mass is 19.4. The van der Waals surface area contributed by atoms with Crippen LogP contribution in [0.1, 0.15) is 21.5 Å². The van der Waals surface area contributed by atoms with Gasteiger partial charge in [-0.25, -0.2) is 4.79 Å². The molecule has 0 saturated carbocycles. The van der Waals surface area contributed by atoms with Gasteiger partial charge in [-0.2, -0.15) is 26.3 Å². The second-order valence-corrected chi connectivity index (χ2v) is 6.19. The van der Waals surface area contributed by atoms with Crippen LogP contribution in [0.2, 0.25) is 0 Å². The molecule has 1 N–H and O–H groups in total. The van der Waals surface area contributed by atoms with Crippen molar-refractivity contribution in [3.8, 4) is 22.3 Å². The minimum atomic E-state index is -4.72. The third-order valence-electron chi connectivity index (χ3n) is 4.27. The Kier molecular flexibility index (Phi) is 5.13. The molecule has 0 fully saturated rings. The van der Waals surface area contributed by atoms with E-state index in [-0.39, 0.29) is 22.3 Å². The van der Waals surface area contributed by atoms with Gasteiger partial charge in [0.15, 0.2) is 0 Å². The summed E-state index contributed by atoms with van der Waals surface area (Å²) in [4.78, 5) is 11.5. The van der Waals surface area contributed by atoms with Gasteiger partial charge in [0.2, 0.25) is 0 Å². The lowest BCUT2D eigenvalue weighted by Gasteiger charge is -2.16. The van der Waals surface area contributed by atoms with Crippen molar-refractivity contribution in [3.05, 3.63) is 83.4 Å². The van der Waals surface area contributed by atoms with E-state index in [0.29, 0.717) is 0 Å². The number of aromatic carboxylic acids is 1. The normalized spacial score (nSPS) is 12.1. The molecule has 8 heteroatoms. The van der Waals surface area contributed by atoms with E-state index < -0.39 is 35.0 Å². The van der Waals surface area contributed by atoms with Gasteiger partial charge >= 0.3 is 18.3 Å². The number of rotatable bonds is 3. The number of carboxylic acids is 1. The van der Waals surface area contributed by atoms with Crippen LogP contribution in [0.5, 0.6) is 0 Å². The maximum atomic E-state index is 13.4. The minimum Gasteiger partial charge on any atom is -0.478 e. The molecule has 29 heavy (non-hydrogen) atoms. The average Bonchev–Trinajstić information content (AvgIpc) is 2.66. The molecule has 0 aliphatic rings. The van der Waals surface area contributed by atoms with E-state index in [4.69, 9.17) is 0 Å². The molecule has 0 amide bonds. The minimum absolute atomic E-state index is 0.148. The van der Waals surface area contributed by atoms with Crippen LogP contribution in [0.4, 0.5) is 26.3 Å². The van der Waals surface area contributed by atoms with E-state index >= 15 is 0 Å². The monoisotopic (exact) mass is 410 g/mol. The quantitative estimate of drug-likeness (QED) is 0.485. The van der Waals surface area contributed by atoms with Crippen molar-refractivity contribution >= 4 is 5.97 Å². The van der Waals surface area contributed by atoms with Crippen molar-refractivity contribution in [2.75, 3.05) is 0 Å². The van der Waals surface area contributed by atoms with E-state index in [0.717, 1.165) is 42.5 Å². The van der Waals surface area contributed by atoms with Crippen LogP contribution in [0.3, 0.4) is 0 Å². The van der Waals surface area contributed by atoms with Gasteiger partial charge in [-0.3, -0.25) is 0 Å². The Morgan fingerprint density at radius 2 is 1.03 bits per heavy atom. The van der Waals surface area contributed by atoms with E-state index in [1.54, 1.807) is 0 Å². The summed E-state index contributed by atoms with van der Waals surface area (Å²) in [6, 6.07) is 12.1. The summed E-state index contributed by atoms with van der Waals surface area (Å²) in [5.74, 6) is -1.47. The number of hydrogen-bond donors (Lipinski definition) is 1. The van der Waals surface area contributed by atoms with Gasteiger partial charge in [0, 0.05) is 0 Å². The molecule has 3 aromatic rings. The van der Waals surface area contributed by atoms with Crippen LogP contribution in [0.25, 0.3) is 22.3 Å². The fourth-order valence-corrected chi connectivity index (χ4v) is 3.03. The molecule has 0 bridgehead atoms. The largest absolute Gasteiger partial charge is 0.478 e. The topological polar surface area (TPSA) is 37.3 Å². The van der Waals surface area contributed by atoms with Crippen molar-refractivity contribution < 1.29 is 36.2 Å². The summed E-state index contributed by atoms with van der Waals surface area (Å²) < 4.78 is 80.2. The number of benzene rings is 3. The first-order chi connectivity index (χ1) is 13.5. The lowest BCUT2D eigenvalue weighted by Crippen LogP contribution is -2.08. The second kappa shape index (κ2) is 7.27. The summed E-state index contributed by atoms with van der Waals surface area (Å²) >= 11 is 0. The molecule has 0 saturated heterocycles. The van der Waals surface area contributed by atoms with E-state index in [1.807, 2.05) is 0 Å². The zero-order chi connectivity index (χ0) is 21.4. The fourth-order valence-electron chi connectivity index (χ4n) is 3.03. The maximum absolute atomic E-state index is 13.4. The molecule has 0 heterocycles. The van der Waals surface area contributed by atoms with Crippen LogP contribution >= 0.6 is 0 Å². The molecule has 3 rings (SSSR count). The highest BCUT2D eigenvalue weighted by Gasteiger charge is 2.35. The van der Waals surface area contributed by atoms with Crippen LogP contribution in [0.15, 0.2) is 66.7 Å². The van der Waals surface area contributed by atoms with Crippen molar-refractivity contribution in [2.24, 2.45) is 0 Å². The van der Waals surface area contributed by atoms with Crippen molar-refractivity contribution in [2.45, 2.75) is 12.4 Å². The first-order valence-corrected chi connectivity index (χ1v) is 8.20. The smallest absolute Gasteiger partial charge is 0.417 e. The van der Waals surface area contributed by atoms with Crippen molar-refractivity contribution in [1.29, 1.82) is 0 Å². The predicted molar refractivity (Wildman–Crippen MR) is 94.3 cm³/mol. The Morgan fingerprint density at radius 3 is 1.38 bits per heavy atom. The van der Waals surface area contributed by atoms with Gasteiger partial charge in [-0.1, -0.05) is 36.4 Å². The fraction of sp³-hybridized carbons (Fsp3) is 0.0952. The average molecular weight is 410 g/mol. The SMILES string of the molecule is O=C(O)c1cc(-c2ccccc2C(F)(F)F)cc(-c2ccccc2C(F)(F)F)c1. The van der Waals surface area contributed by atoms with Crippen LogP contribution in [0, 0.1) is 0 Å². The molecule has 0 aromatic heterocycles. The number of carboxylic acid groups (broad SMARTS) is 1. The van der Waals surface area contributed by atoms with Crippen molar-refractivity contribution in [3.63, 3.8) is 0 Å². The van der Waals surface area contributed by atoms with Gasteiger partial charge in [-0.15, -0.1) is 0 Å².